The maximum Gasteiger partial charge on any atom is 0.229 e. The molecule has 0 aliphatic rings. The monoisotopic (exact) mass is 396 g/mol. The van der Waals surface area contributed by atoms with Crippen LogP contribution in [0.4, 0.5) is 17.3 Å². The summed E-state index contributed by atoms with van der Waals surface area (Å²) in [6.45, 7) is 2.03. The minimum atomic E-state index is -0.129. The number of nitrogens with zero attached hydrogens (tertiary/aromatic N) is 2. The number of aryl methyl sites for hydroxylation is 1. The second-order valence-corrected chi connectivity index (χ2v) is 6.57. The van der Waals surface area contributed by atoms with Crippen LogP contribution in [-0.2, 0) is 11.2 Å². The Hall–Kier alpha value is -2.73. The third kappa shape index (κ3) is 5.12. The number of halogens is 1. The number of anilines is 3. The van der Waals surface area contributed by atoms with Crippen molar-refractivity contribution in [2.75, 3.05) is 10.6 Å². The zero-order valence-electron chi connectivity index (χ0n) is 13.7. The number of benzene rings is 2. The molecule has 6 heteroatoms. The highest BCUT2D eigenvalue weighted by atomic mass is 79.9. The highest BCUT2D eigenvalue weighted by Gasteiger charge is 2.06. The van der Waals surface area contributed by atoms with Crippen molar-refractivity contribution in [1.29, 1.82) is 0 Å². The number of hydrogen-bond donors (Lipinski definition) is 2. The summed E-state index contributed by atoms with van der Waals surface area (Å²) in [5, 5.41) is 14.1. The van der Waals surface area contributed by atoms with Crippen molar-refractivity contribution in [3.8, 4) is 0 Å². The Morgan fingerprint density at radius 1 is 1.00 bits per heavy atom. The molecule has 0 saturated carbocycles. The average Bonchev–Trinajstić information content (AvgIpc) is 2.59. The van der Waals surface area contributed by atoms with E-state index in [2.05, 4.69) is 36.8 Å². The van der Waals surface area contributed by atoms with Crippen LogP contribution in [0.1, 0.15) is 11.1 Å². The van der Waals surface area contributed by atoms with Crippen LogP contribution < -0.4 is 10.6 Å². The fraction of sp³-hybridized carbons (Fsp3) is 0.105. The molecule has 0 aliphatic heterocycles. The third-order valence-corrected chi connectivity index (χ3v) is 4.03. The number of carbonyl (C=O) groups excluding carboxylic acids is 1. The first-order valence-corrected chi connectivity index (χ1v) is 8.59. The van der Waals surface area contributed by atoms with Crippen molar-refractivity contribution in [2.24, 2.45) is 0 Å². The molecule has 0 spiro atoms. The molecule has 3 aromatic rings. The topological polar surface area (TPSA) is 66.9 Å². The van der Waals surface area contributed by atoms with Gasteiger partial charge in [0, 0.05) is 10.2 Å². The lowest BCUT2D eigenvalue weighted by Gasteiger charge is -2.07. The molecule has 0 bridgehead atoms. The van der Waals surface area contributed by atoms with Crippen LogP contribution in [-0.4, -0.2) is 16.1 Å². The fourth-order valence-electron chi connectivity index (χ4n) is 2.31. The first-order valence-electron chi connectivity index (χ1n) is 7.80. The minimum Gasteiger partial charge on any atom is -0.339 e. The number of hydrogen-bond acceptors (Lipinski definition) is 4. The number of nitrogens with one attached hydrogen (secondary N) is 2. The highest BCUT2D eigenvalue weighted by Crippen LogP contribution is 2.16. The van der Waals surface area contributed by atoms with Gasteiger partial charge in [-0.05, 0) is 54.4 Å². The van der Waals surface area contributed by atoms with Crippen LogP contribution in [0.3, 0.4) is 0 Å². The largest absolute Gasteiger partial charge is 0.339 e. The van der Waals surface area contributed by atoms with Gasteiger partial charge in [0.2, 0.25) is 5.91 Å². The molecule has 126 valence electrons. The summed E-state index contributed by atoms with van der Waals surface area (Å²) in [6.07, 6.45) is 0.290. The molecule has 0 radical (unpaired) electrons. The normalized spacial score (nSPS) is 10.3. The van der Waals surface area contributed by atoms with Gasteiger partial charge in [-0.25, -0.2) is 0 Å². The van der Waals surface area contributed by atoms with Crippen LogP contribution in [0.5, 0.6) is 0 Å². The van der Waals surface area contributed by atoms with Crippen LogP contribution >= 0.6 is 15.9 Å². The summed E-state index contributed by atoms with van der Waals surface area (Å²) in [4.78, 5) is 12.1. The van der Waals surface area contributed by atoms with Crippen molar-refractivity contribution >= 4 is 39.2 Å². The Bertz CT molecular complexity index is 863. The van der Waals surface area contributed by atoms with E-state index in [4.69, 9.17) is 0 Å². The molecule has 3 rings (SSSR count). The SMILES string of the molecule is Cc1cccc(Nc2ccc(NC(=O)Cc3ccc(Br)cc3)nn2)c1. The fourth-order valence-corrected chi connectivity index (χ4v) is 2.58. The molecule has 0 aliphatic carbocycles. The van der Waals surface area contributed by atoms with E-state index in [0.717, 1.165) is 21.3 Å². The number of carbonyl (C=O) groups is 1. The van der Waals surface area contributed by atoms with Crippen molar-refractivity contribution < 1.29 is 4.79 Å². The first kappa shape index (κ1) is 17.1. The standard InChI is InChI=1S/C19H17BrN4O/c1-13-3-2-4-16(11-13)21-17-9-10-18(24-23-17)22-19(25)12-14-5-7-15(20)8-6-14/h2-11H,12H2,1H3,(H,21,23)(H,22,24,25). The molecule has 0 atom stereocenters. The lowest BCUT2D eigenvalue weighted by molar-refractivity contribution is -0.115. The molecule has 1 amide bonds. The molecule has 2 N–H and O–H groups in total. The molecule has 0 saturated heterocycles. The van der Waals surface area contributed by atoms with E-state index < -0.39 is 0 Å². The lowest BCUT2D eigenvalue weighted by Crippen LogP contribution is -2.15. The van der Waals surface area contributed by atoms with E-state index >= 15 is 0 Å². The summed E-state index contributed by atoms with van der Waals surface area (Å²) in [5.41, 5.74) is 3.04. The van der Waals surface area contributed by atoms with Gasteiger partial charge in [-0.3, -0.25) is 4.79 Å². The predicted octanol–water partition coefficient (Wildman–Crippen LogP) is 4.47. The van der Waals surface area contributed by atoms with Crippen molar-refractivity contribution in [1.82, 2.24) is 10.2 Å². The van der Waals surface area contributed by atoms with Gasteiger partial charge in [0.25, 0.3) is 0 Å². The second-order valence-electron chi connectivity index (χ2n) is 5.65. The molecule has 0 fully saturated rings. The Labute approximate surface area is 154 Å². The molecule has 25 heavy (non-hydrogen) atoms. The van der Waals surface area contributed by atoms with E-state index in [0.29, 0.717) is 11.6 Å². The Morgan fingerprint density at radius 2 is 1.72 bits per heavy atom. The van der Waals surface area contributed by atoms with Gasteiger partial charge >= 0.3 is 0 Å². The van der Waals surface area contributed by atoms with Crippen molar-refractivity contribution in [3.05, 3.63) is 76.3 Å². The Kier molecular flexibility index (Phi) is 5.40. The average molecular weight is 397 g/mol. The van der Waals surface area contributed by atoms with Crippen molar-refractivity contribution in [3.63, 3.8) is 0 Å². The summed E-state index contributed by atoms with van der Waals surface area (Å²) in [6, 6.07) is 19.1. The third-order valence-electron chi connectivity index (χ3n) is 3.50. The smallest absolute Gasteiger partial charge is 0.229 e. The number of amides is 1. The first-order chi connectivity index (χ1) is 12.1. The molecule has 5 nitrogen and oxygen atoms in total. The molecule has 0 unspecified atom stereocenters. The maximum absolute atomic E-state index is 12.1. The summed E-state index contributed by atoms with van der Waals surface area (Å²) >= 11 is 3.37. The zero-order chi connectivity index (χ0) is 17.6. The van der Waals surface area contributed by atoms with E-state index in [-0.39, 0.29) is 12.3 Å². The van der Waals surface area contributed by atoms with E-state index in [9.17, 15) is 4.79 Å². The molecule has 2 aromatic carbocycles. The van der Waals surface area contributed by atoms with Crippen LogP contribution in [0.2, 0.25) is 0 Å². The van der Waals surface area contributed by atoms with Crippen LogP contribution in [0, 0.1) is 6.92 Å². The van der Waals surface area contributed by atoms with Gasteiger partial charge in [-0.15, -0.1) is 10.2 Å². The van der Waals surface area contributed by atoms with E-state index in [1.807, 2.05) is 55.5 Å². The van der Waals surface area contributed by atoms with E-state index in [1.165, 1.54) is 0 Å². The maximum atomic E-state index is 12.1. The number of aromatic nitrogens is 2. The lowest BCUT2D eigenvalue weighted by atomic mass is 10.1. The Morgan fingerprint density at radius 3 is 2.40 bits per heavy atom. The van der Waals surface area contributed by atoms with Gasteiger partial charge in [0.1, 0.15) is 0 Å². The highest BCUT2D eigenvalue weighted by molar-refractivity contribution is 9.10. The molecular formula is C19H17BrN4O. The second kappa shape index (κ2) is 7.90. The van der Waals surface area contributed by atoms with Crippen LogP contribution in [0.15, 0.2) is 65.1 Å². The zero-order valence-corrected chi connectivity index (χ0v) is 15.2. The van der Waals surface area contributed by atoms with Gasteiger partial charge in [-0.2, -0.15) is 0 Å². The van der Waals surface area contributed by atoms with Crippen LogP contribution in [0.25, 0.3) is 0 Å². The molecular weight excluding hydrogens is 380 g/mol. The van der Waals surface area contributed by atoms with Crippen molar-refractivity contribution in [2.45, 2.75) is 13.3 Å². The molecule has 1 heterocycles. The predicted molar refractivity (Wildman–Crippen MR) is 103 cm³/mol. The summed E-state index contributed by atoms with van der Waals surface area (Å²) < 4.78 is 0.985. The van der Waals surface area contributed by atoms with Gasteiger partial charge in [-0.1, -0.05) is 40.2 Å². The summed E-state index contributed by atoms with van der Waals surface area (Å²) in [5.74, 6) is 0.921. The summed E-state index contributed by atoms with van der Waals surface area (Å²) in [7, 11) is 0. The number of rotatable bonds is 5. The molecule has 1 aromatic heterocycles. The minimum absolute atomic E-state index is 0.129. The van der Waals surface area contributed by atoms with Gasteiger partial charge in [0.15, 0.2) is 11.6 Å². The Balaban J connectivity index is 1.58. The quantitative estimate of drug-likeness (QED) is 0.667. The van der Waals surface area contributed by atoms with Gasteiger partial charge in [0.05, 0.1) is 6.42 Å². The van der Waals surface area contributed by atoms with E-state index in [1.54, 1.807) is 12.1 Å². The van der Waals surface area contributed by atoms with Gasteiger partial charge < -0.3 is 10.6 Å².